The Hall–Kier alpha value is -2.24. The number of carboxylic acid groups (broad SMARTS) is 1. The third-order valence-corrected chi connectivity index (χ3v) is 1.68. The lowest BCUT2D eigenvalue weighted by molar-refractivity contribution is 0.0696. The first kappa shape index (κ1) is 8.36. The predicted molar refractivity (Wildman–Crippen MR) is 46.1 cm³/mol. The molecule has 6 nitrogen and oxygen atoms in total. The Labute approximate surface area is 78.9 Å². The highest BCUT2D eigenvalue weighted by molar-refractivity contribution is 5.87. The van der Waals surface area contributed by atoms with Crippen LogP contribution in [0.25, 0.3) is 5.82 Å². The highest BCUT2D eigenvalue weighted by atomic mass is 16.4. The molecule has 0 saturated heterocycles. The normalized spacial score (nSPS) is 10.0. The molecule has 0 saturated carbocycles. The fraction of sp³-hybridized carbons (Fsp3) is 0. The maximum atomic E-state index is 10.7. The molecular weight excluding hydrogens is 184 g/mol. The molecule has 14 heavy (non-hydrogen) atoms. The van der Waals surface area contributed by atoms with Gasteiger partial charge in [0.15, 0.2) is 0 Å². The van der Waals surface area contributed by atoms with Crippen LogP contribution in [0.2, 0.25) is 0 Å². The molecular formula is C8H6N4O2. The molecule has 2 heterocycles. The topological polar surface area (TPSA) is 80.9 Å². The molecule has 0 unspecified atom stereocenters. The summed E-state index contributed by atoms with van der Waals surface area (Å²) in [7, 11) is 0. The lowest BCUT2D eigenvalue weighted by Gasteiger charge is -1.99. The summed E-state index contributed by atoms with van der Waals surface area (Å²) in [6.07, 6.45) is 4.33. The van der Waals surface area contributed by atoms with Crippen molar-refractivity contribution in [3.63, 3.8) is 0 Å². The minimum absolute atomic E-state index is 0.184. The molecule has 0 atom stereocenters. The number of pyridine rings is 1. The van der Waals surface area contributed by atoms with Gasteiger partial charge in [0.05, 0.1) is 5.56 Å². The van der Waals surface area contributed by atoms with Gasteiger partial charge < -0.3 is 5.11 Å². The van der Waals surface area contributed by atoms with Gasteiger partial charge in [-0.2, -0.15) is 0 Å². The van der Waals surface area contributed by atoms with E-state index in [-0.39, 0.29) is 5.56 Å². The van der Waals surface area contributed by atoms with E-state index in [4.69, 9.17) is 5.11 Å². The molecule has 0 spiro atoms. The zero-order valence-electron chi connectivity index (χ0n) is 7.03. The maximum absolute atomic E-state index is 10.7. The smallest absolute Gasteiger partial charge is 0.335 e. The highest BCUT2D eigenvalue weighted by Crippen LogP contribution is 2.05. The molecule has 2 aromatic rings. The van der Waals surface area contributed by atoms with Crippen molar-refractivity contribution in [2.75, 3.05) is 0 Å². The minimum atomic E-state index is -0.985. The van der Waals surface area contributed by atoms with Crippen molar-refractivity contribution in [2.45, 2.75) is 0 Å². The number of rotatable bonds is 2. The molecule has 2 rings (SSSR count). The van der Waals surface area contributed by atoms with Crippen molar-refractivity contribution in [1.29, 1.82) is 0 Å². The van der Waals surface area contributed by atoms with E-state index in [9.17, 15) is 4.79 Å². The Kier molecular flexibility index (Phi) is 1.94. The molecule has 0 radical (unpaired) electrons. The van der Waals surface area contributed by atoms with Gasteiger partial charge in [-0.05, 0) is 12.1 Å². The summed E-state index contributed by atoms with van der Waals surface area (Å²) < 4.78 is 1.53. The van der Waals surface area contributed by atoms with Crippen LogP contribution in [0.4, 0.5) is 0 Å². The molecule has 0 aliphatic heterocycles. The van der Waals surface area contributed by atoms with E-state index in [1.165, 1.54) is 35.6 Å². The summed E-state index contributed by atoms with van der Waals surface area (Å²) in [6.45, 7) is 0. The van der Waals surface area contributed by atoms with Crippen LogP contribution >= 0.6 is 0 Å². The molecule has 0 aliphatic rings. The number of carbonyl (C=O) groups is 1. The Morgan fingerprint density at radius 3 is 2.71 bits per heavy atom. The number of aromatic carboxylic acids is 1. The van der Waals surface area contributed by atoms with E-state index < -0.39 is 5.97 Å². The Balaban J connectivity index is 2.46. The molecule has 0 amide bonds. The highest BCUT2D eigenvalue weighted by Gasteiger charge is 2.04. The maximum Gasteiger partial charge on any atom is 0.335 e. The van der Waals surface area contributed by atoms with Gasteiger partial charge in [0.2, 0.25) is 0 Å². The summed E-state index contributed by atoms with van der Waals surface area (Å²) >= 11 is 0. The van der Waals surface area contributed by atoms with E-state index in [2.05, 4.69) is 15.2 Å². The largest absolute Gasteiger partial charge is 0.478 e. The van der Waals surface area contributed by atoms with Crippen LogP contribution in [0.3, 0.4) is 0 Å². The lowest BCUT2D eigenvalue weighted by Crippen LogP contribution is -2.00. The third-order valence-electron chi connectivity index (χ3n) is 1.68. The van der Waals surface area contributed by atoms with E-state index in [1.807, 2.05) is 0 Å². The van der Waals surface area contributed by atoms with Crippen molar-refractivity contribution < 1.29 is 9.90 Å². The van der Waals surface area contributed by atoms with Crippen LogP contribution in [0, 0.1) is 0 Å². The Morgan fingerprint density at radius 1 is 1.36 bits per heavy atom. The molecule has 0 fully saturated rings. The third kappa shape index (κ3) is 1.45. The summed E-state index contributed by atoms with van der Waals surface area (Å²) in [5.74, 6) is -0.503. The van der Waals surface area contributed by atoms with Crippen LogP contribution in [0.1, 0.15) is 10.4 Å². The molecule has 1 N–H and O–H groups in total. The fourth-order valence-corrected chi connectivity index (χ4v) is 1.01. The molecule has 6 heteroatoms. The number of carboxylic acids is 1. The second-order valence-electron chi connectivity index (χ2n) is 2.58. The second kappa shape index (κ2) is 3.25. The summed E-state index contributed by atoms with van der Waals surface area (Å²) in [4.78, 5) is 14.6. The summed E-state index contributed by atoms with van der Waals surface area (Å²) in [6, 6.07) is 2.88. The van der Waals surface area contributed by atoms with Crippen LogP contribution < -0.4 is 0 Å². The Bertz CT molecular complexity index is 452. The van der Waals surface area contributed by atoms with Crippen molar-refractivity contribution in [1.82, 2.24) is 19.7 Å². The average molecular weight is 190 g/mol. The number of hydrogen-bond donors (Lipinski definition) is 1. The van der Waals surface area contributed by atoms with Gasteiger partial charge in [-0.1, -0.05) is 0 Å². The first-order valence-electron chi connectivity index (χ1n) is 3.82. The van der Waals surface area contributed by atoms with Gasteiger partial charge in [0, 0.05) is 6.20 Å². The quantitative estimate of drug-likeness (QED) is 0.739. The standard InChI is InChI=1S/C8H6N4O2/c13-8(14)6-1-2-9-7(3-6)12-4-10-11-5-12/h1-5H,(H,13,14). The molecule has 0 aliphatic carbocycles. The summed E-state index contributed by atoms with van der Waals surface area (Å²) in [5.41, 5.74) is 0.184. The Morgan fingerprint density at radius 2 is 2.07 bits per heavy atom. The number of hydrogen-bond acceptors (Lipinski definition) is 4. The van der Waals surface area contributed by atoms with Gasteiger partial charge in [-0.25, -0.2) is 9.78 Å². The number of nitrogens with zero attached hydrogens (tertiary/aromatic N) is 4. The SMILES string of the molecule is O=C(O)c1ccnc(-n2cnnc2)c1. The van der Waals surface area contributed by atoms with Gasteiger partial charge in [0.25, 0.3) is 0 Å². The summed E-state index contributed by atoms with van der Waals surface area (Å²) in [5, 5.41) is 15.9. The zero-order chi connectivity index (χ0) is 9.97. The van der Waals surface area contributed by atoms with Crippen molar-refractivity contribution in [3.05, 3.63) is 36.5 Å². The molecule has 70 valence electrons. The molecule has 2 aromatic heterocycles. The first-order chi connectivity index (χ1) is 6.77. The van der Waals surface area contributed by atoms with E-state index >= 15 is 0 Å². The van der Waals surface area contributed by atoms with Gasteiger partial charge in [0.1, 0.15) is 18.5 Å². The molecule has 0 aromatic carbocycles. The monoisotopic (exact) mass is 190 g/mol. The van der Waals surface area contributed by atoms with Gasteiger partial charge in [-0.3, -0.25) is 4.57 Å². The van der Waals surface area contributed by atoms with Gasteiger partial charge >= 0.3 is 5.97 Å². The average Bonchev–Trinajstić information content (AvgIpc) is 2.71. The van der Waals surface area contributed by atoms with Crippen LogP contribution in [0.5, 0.6) is 0 Å². The van der Waals surface area contributed by atoms with E-state index in [1.54, 1.807) is 0 Å². The van der Waals surface area contributed by atoms with Crippen molar-refractivity contribution >= 4 is 5.97 Å². The van der Waals surface area contributed by atoms with Crippen molar-refractivity contribution in [2.24, 2.45) is 0 Å². The fourth-order valence-electron chi connectivity index (χ4n) is 1.01. The first-order valence-corrected chi connectivity index (χ1v) is 3.82. The van der Waals surface area contributed by atoms with E-state index in [0.717, 1.165) is 0 Å². The minimum Gasteiger partial charge on any atom is -0.478 e. The van der Waals surface area contributed by atoms with E-state index in [0.29, 0.717) is 5.82 Å². The zero-order valence-corrected chi connectivity index (χ0v) is 7.03. The second-order valence-corrected chi connectivity index (χ2v) is 2.58. The van der Waals surface area contributed by atoms with Crippen LogP contribution in [-0.2, 0) is 0 Å². The van der Waals surface area contributed by atoms with Gasteiger partial charge in [-0.15, -0.1) is 10.2 Å². The molecule has 0 bridgehead atoms. The lowest BCUT2D eigenvalue weighted by atomic mass is 10.2. The predicted octanol–water partition coefficient (Wildman–Crippen LogP) is 0.360. The van der Waals surface area contributed by atoms with Crippen molar-refractivity contribution in [3.8, 4) is 5.82 Å². The van der Waals surface area contributed by atoms with Crippen LogP contribution in [-0.4, -0.2) is 30.8 Å². The number of aromatic nitrogens is 4. The van der Waals surface area contributed by atoms with Crippen LogP contribution in [0.15, 0.2) is 31.0 Å².